The fraction of sp³-hybridized carbons (Fsp3) is 0.462. The Labute approximate surface area is 240 Å². The first kappa shape index (κ1) is 29.9. The summed E-state index contributed by atoms with van der Waals surface area (Å²) in [4.78, 5) is 16.7. The Kier molecular flexibility index (Phi) is 8.76. The predicted molar refractivity (Wildman–Crippen MR) is 145 cm³/mol. The van der Waals surface area contributed by atoms with Gasteiger partial charge in [0.15, 0.2) is 5.82 Å². The van der Waals surface area contributed by atoms with Gasteiger partial charge in [-0.15, -0.1) is 0 Å². The van der Waals surface area contributed by atoms with Crippen LogP contribution in [0, 0.1) is 11.3 Å². The normalized spacial score (nSPS) is 26.8. The van der Waals surface area contributed by atoms with E-state index in [0.717, 1.165) is 0 Å². The number of aliphatic hydroxyl groups is 2. The van der Waals surface area contributed by atoms with Crippen molar-refractivity contribution in [1.82, 2.24) is 19.7 Å². The molecule has 0 spiro atoms. The summed E-state index contributed by atoms with van der Waals surface area (Å²) in [7, 11) is -4.43. The molecule has 0 aliphatic carbocycles. The summed E-state index contributed by atoms with van der Waals surface area (Å²) >= 11 is 0. The molecule has 3 aromatic rings. The van der Waals surface area contributed by atoms with Crippen LogP contribution in [0.25, 0.3) is 5.52 Å². The number of fused-ring (bicyclic) bond motifs is 1. The molecule has 2 fully saturated rings. The van der Waals surface area contributed by atoms with Crippen LogP contribution in [-0.2, 0) is 28.1 Å². The lowest BCUT2D eigenvalue weighted by molar-refractivity contribution is -0.154. The van der Waals surface area contributed by atoms with E-state index in [1.165, 1.54) is 29.9 Å². The van der Waals surface area contributed by atoms with Crippen molar-refractivity contribution in [1.29, 1.82) is 5.26 Å². The summed E-state index contributed by atoms with van der Waals surface area (Å²) in [5.41, 5.74) is 4.42. The first-order valence-electron chi connectivity index (χ1n) is 13.2. The number of hydrogen-bond acceptors (Lipinski definition) is 13. The molecule has 1 aromatic carbocycles. The minimum atomic E-state index is -4.43. The largest absolute Gasteiger partial charge is 0.461 e. The zero-order valence-corrected chi connectivity index (χ0v) is 23.5. The summed E-state index contributed by atoms with van der Waals surface area (Å²) in [6, 6.07) is 11.9. The fourth-order valence-corrected chi connectivity index (χ4v) is 6.24. The molecule has 1 unspecified atom stereocenters. The minimum Gasteiger partial charge on any atom is -0.461 e. The van der Waals surface area contributed by atoms with Crippen LogP contribution in [0.2, 0.25) is 0 Å². The first-order chi connectivity index (χ1) is 20.1. The molecule has 0 radical (unpaired) electrons. The van der Waals surface area contributed by atoms with Gasteiger partial charge in [-0.3, -0.25) is 9.32 Å². The lowest BCUT2D eigenvalue weighted by Crippen LogP contribution is -2.46. The first-order valence-corrected chi connectivity index (χ1v) is 14.8. The van der Waals surface area contributed by atoms with Crippen LogP contribution in [0.4, 0.5) is 5.82 Å². The van der Waals surface area contributed by atoms with E-state index in [9.17, 15) is 24.8 Å². The molecule has 2 aliphatic heterocycles. The van der Waals surface area contributed by atoms with Gasteiger partial charge < -0.3 is 34.7 Å². The van der Waals surface area contributed by atoms with Crippen molar-refractivity contribution >= 4 is 25.1 Å². The summed E-state index contributed by atoms with van der Waals surface area (Å²) in [5, 5.41) is 38.6. The topological polar surface area (TPSA) is 213 Å². The van der Waals surface area contributed by atoms with Gasteiger partial charge in [0.2, 0.25) is 5.60 Å². The molecule has 4 heterocycles. The van der Waals surface area contributed by atoms with Gasteiger partial charge in [0.05, 0.1) is 18.9 Å². The number of nitrogens with zero attached hydrogens (tertiary/aromatic N) is 4. The molecule has 0 amide bonds. The molecule has 0 saturated carbocycles. The Balaban J connectivity index is 1.35. The van der Waals surface area contributed by atoms with Crippen molar-refractivity contribution in [2.45, 2.75) is 55.8 Å². The molecule has 2 aliphatic rings. The van der Waals surface area contributed by atoms with Crippen LogP contribution in [0.5, 0.6) is 5.75 Å². The van der Waals surface area contributed by atoms with E-state index in [1.807, 2.05) is 6.07 Å². The number of nitriles is 1. The number of nitrogens with one attached hydrogen (secondary N) is 1. The van der Waals surface area contributed by atoms with Crippen molar-refractivity contribution in [3.05, 3.63) is 54.5 Å². The number of anilines is 1. The highest BCUT2D eigenvalue weighted by atomic mass is 31.2. The van der Waals surface area contributed by atoms with Crippen LogP contribution in [0.3, 0.4) is 0 Å². The van der Waals surface area contributed by atoms with Gasteiger partial charge >= 0.3 is 13.7 Å². The third-order valence-electron chi connectivity index (χ3n) is 7.01. The number of ether oxygens (including phenoxy) is 3. The SMILES string of the molecule is C[C@H](NP(=O)(OC[C@@]1(C#N)O[C@@H](c2ccc3c(N)ncnn23)[C@H](O)[C@@H]1O)Oc1ccccc1)C(=O)OC1CCOCC1. The van der Waals surface area contributed by atoms with Crippen LogP contribution in [-0.4, -0.2) is 80.6 Å². The van der Waals surface area contributed by atoms with E-state index < -0.39 is 50.3 Å². The van der Waals surface area contributed by atoms with Crippen molar-refractivity contribution in [2.75, 3.05) is 25.6 Å². The summed E-state index contributed by atoms with van der Waals surface area (Å²) in [5.74, 6) is -0.368. The lowest BCUT2D eigenvalue weighted by atomic mass is 9.96. The van der Waals surface area contributed by atoms with Gasteiger partial charge in [0, 0.05) is 12.8 Å². The molecule has 2 saturated heterocycles. The van der Waals surface area contributed by atoms with Gasteiger partial charge in [0.25, 0.3) is 0 Å². The Morgan fingerprint density at radius 3 is 2.74 bits per heavy atom. The number of carbonyl (C=O) groups excluding carboxylic acids is 1. The highest BCUT2D eigenvalue weighted by molar-refractivity contribution is 7.52. The molecule has 6 atom stereocenters. The summed E-state index contributed by atoms with van der Waals surface area (Å²) in [6.45, 7) is 1.54. The number of rotatable bonds is 10. The highest BCUT2D eigenvalue weighted by Crippen LogP contribution is 2.48. The standard InChI is InChI=1S/C26H31N6O9P/c1-16(25(35)39-17-9-11-37-12-10-17)31-42(36,41-18-5-3-2-4-6-18)38-14-26(13-27)23(34)21(33)22(40-26)19-7-8-20-24(28)29-15-30-32(19)20/h2-8,15-17,21-23,33-34H,9-12,14H2,1H3,(H,31,36)(H2,28,29,30)/t16-,21-,22-,23-,26+,42?/m0/s1. The van der Waals surface area contributed by atoms with Crippen molar-refractivity contribution in [3.8, 4) is 11.8 Å². The second-order valence-corrected chi connectivity index (χ2v) is 11.6. The molecule has 42 heavy (non-hydrogen) atoms. The maximum absolute atomic E-state index is 14.0. The number of carbonyl (C=O) groups is 1. The van der Waals surface area contributed by atoms with E-state index in [-0.39, 0.29) is 23.4 Å². The molecule has 224 valence electrons. The number of hydrogen-bond donors (Lipinski definition) is 4. The van der Waals surface area contributed by atoms with Crippen LogP contribution < -0.4 is 15.3 Å². The maximum atomic E-state index is 14.0. The van der Waals surface area contributed by atoms with E-state index in [0.29, 0.717) is 31.6 Å². The van der Waals surface area contributed by atoms with Crippen LogP contribution in [0.15, 0.2) is 48.8 Å². The monoisotopic (exact) mass is 602 g/mol. The lowest BCUT2D eigenvalue weighted by Gasteiger charge is -2.29. The van der Waals surface area contributed by atoms with Gasteiger partial charge in [-0.05, 0) is 31.2 Å². The number of nitrogens with two attached hydrogens (primary N) is 1. The van der Waals surface area contributed by atoms with E-state index in [4.69, 9.17) is 29.0 Å². The van der Waals surface area contributed by atoms with Crippen molar-refractivity contribution in [2.24, 2.45) is 0 Å². The van der Waals surface area contributed by atoms with Crippen molar-refractivity contribution in [3.63, 3.8) is 0 Å². The molecular weight excluding hydrogens is 571 g/mol. The number of nitrogen functional groups attached to an aromatic ring is 1. The van der Waals surface area contributed by atoms with Gasteiger partial charge in [-0.1, -0.05) is 18.2 Å². The maximum Gasteiger partial charge on any atom is 0.459 e. The predicted octanol–water partition coefficient (Wildman–Crippen LogP) is 1.27. The zero-order chi connectivity index (χ0) is 29.9. The highest BCUT2D eigenvalue weighted by Gasteiger charge is 2.57. The molecule has 16 heteroatoms. The van der Waals surface area contributed by atoms with Gasteiger partial charge in [-0.2, -0.15) is 15.4 Å². The average molecular weight is 603 g/mol. The Bertz CT molecular complexity index is 1490. The van der Waals surface area contributed by atoms with Gasteiger partial charge in [0.1, 0.15) is 60.7 Å². The smallest absolute Gasteiger partial charge is 0.459 e. The number of benzene rings is 1. The molecule has 2 aromatic heterocycles. The van der Waals surface area contributed by atoms with E-state index in [2.05, 4.69) is 15.2 Å². The van der Waals surface area contributed by atoms with E-state index in [1.54, 1.807) is 30.3 Å². The number of aromatic nitrogens is 3. The van der Waals surface area contributed by atoms with Crippen LogP contribution in [0.1, 0.15) is 31.6 Å². The second kappa shape index (κ2) is 12.3. The van der Waals surface area contributed by atoms with Gasteiger partial charge in [-0.25, -0.2) is 14.1 Å². The second-order valence-electron chi connectivity index (χ2n) is 9.95. The molecule has 15 nitrogen and oxygen atoms in total. The number of aliphatic hydroxyl groups excluding tert-OH is 2. The molecule has 0 bridgehead atoms. The zero-order valence-electron chi connectivity index (χ0n) is 22.6. The number of para-hydroxylation sites is 1. The van der Waals surface area contributed by atoms with E-state index >= 15 is 0 Å². The fourth-order valence-electron chi connectivity index (χ4n) is 4.72. The Morgan fingerprint density at radius 1 is 1.29 bits per heavy atom. The average Bonchev–Trinajstić information content (AvgIpc) is 3.53. The molecule has 5 rings (SSSR count). The van der Waals surface area contributed by atoms with Crippen LogP contribution >= 0.6 is 7.75 Å². The quantitative estimate of drug-likeness (QED) is 0.190. The third-order valence-corrected chi connectivity index (χ3v) is 8.64. The molecular formula is C26H31N6O9P. The summed E-state index contributed by atoms with van der Waals surface area (Å²) < 4.78 is 43.3. The Hall–Kier alpha value is -3.61. The minimum absolute atomic E-state index is 0.145. The Morgan fingerprint density at radius 2 is 2.02 bits per heavy atom. The molecule has 5 N–H and O–H groups in total. The number of esters is 1. The third kappa shape index (κ3) is 6.11. The van der Waals surface area contributed by atoms with Crippen molar-refractivity contribution < 1.29 is 42.8 Å². The summed E-state index contributed by atoms with van der Waals surface area (Å²) in [6.07, 6.45) is -2.70.